The molecule has 2 heterocycles. The summed E-state index contributed by atoms with van der Waals surface area (Å²) in [6, 6.07) is 6.90. The number of fused-ring (bicyclic) bond motifs is 1. The highest BCUT2D eigenvalue weighted by Crippen LogP contribution is 2.30. The van der Waals surface area contributed by atoms with Gasteiger partial charge in [0.2, 0.25) is 20.0 Å². The van der Waals surface area contributed by atoms with Crippen molar-refractivity contribution in [3.8, 4) is 11.4 Å². The number of rotatable bonds is 35. The molecule has 0 spiro atoms. The monoisotopic (exact) mass is 847 g/mol. The van der Waals surface area contributed by atoms with Crippen molar-refractivity contribution in [1.82, 2.24) is 19.8 Å². The SMILES string of the molecule is CCCCCCCCCCCCCCCCS(=O)(=O)Nc1cc(NS(=O)(=O)CCCCCCCCCCCCCCCC)cc(-c2nnc3cc(C(C)(C)C)[nH]n23)c1. The molecular weight excluding hydrogens is 765 g/mol. The highest BCUT2D eigenvalue weighted by molar-refractivity contribution is 7.93. The summed E-state index contributed by atoms with van der Waals surface area (Å²) >= 11 is 0. The van der Waals surface area contributed by atoms with Gasteiger partial charge in [0, 0.05) is 22.7 Å². The van der Waals surface area contributed by atoms with E-state index in [1.165, 1.54) is 128 Å². The number of benzene rings is 1. The normalized spacial score (nSPS) is 12.5. The van der Waals surface area contributed by atoms with E-state index < -0.39 is 20.0 Å². The molecule has 1 aromatic carbocycles. The summed E-state index contributed by atoms with van der Waals surface area (Å²) in [7, 11) is -7.34. The fourth-order valence-electron chi connectivity index (χ4n) is 7.66. The molecule has 0 saturated heterocycles. The van der Waals surface area contributed by atoms with Crippen molar-refractivity contribution < 1.29 is 16.8 Å². The Balaban J connectivity index is 1.51. The zero-order valence-electron chi connectivity index (χ0n) is 37.3. The number of aromatic amines is 1. The van der Waals surface area contributed by atoms with Gasteiger partial charge in [-0.2, -0.15) is 0 Å². The topological polar surface area (TPSA) is 138 Å². The van der Waals surface area contributed by atoms with Gasteiger partial charge in [-0.15, -0.1) is 10.2 Å². The summed E-state index contributed by atoms with van der Waals surface area (Å²) < 4.78 is 60.5. The summed E-state index contributed by atoms with van der Waals surface area (Å²) in [5.74, 6) is 0.484. The van der Waals surface area contributed by atoms with Gasteiger partial charge in [-0.3, -0.25) is 14.5 Å². The van der Waals surface area contributed by atoms with Crippen LogP contribution in [0.5, 0.6) is 0 Å². The number of aromatic nitrogens is 4. The molecule has 0 bridgehead atoms. The lowest BCUT2D eigenvalue weighted by molar-refractivity contribution is 0.537. The lowest BCUT2D eigenvalue weighted by Crippen LogP contribution is -2.18. The third kappa shape index (κ3) is 20.6. The molecule has 0 aliphatic heterocycles. The first-order valence-corrected chi connectivity index (χ1v) is 26.7. The summed E-state index contributed by atoms with van der Waals surface area (Å²) in [4.78, 5) is 0. The van der Waals surface area contributed by atoms with Crippen LogP contribution in [0, 0.1) is 0 Å². The average Bonchev–Trinajstić information content (AvgIpc) is 3.77. The van der Waals surface area contributed by atoms with E-state index in [0.717, 1.165) is 44.2 Å². The van der Waals surface area contributed by atoms with Gasteiger partial charge < -0.3 is 0 Å². The van der Waals surface area contributed by atoms with Crippen LogP contribution in [0.1, 0.15) is 220 Å². The zero-order valence-corrected chi connectivity index (χ0v) is 38.9. The molecule has 0 fully saturated rings. The van der Waals surface area contributed by atoms with Crippen LogP contribution in [-0.2, 0) is 25.5 Å². The van der Waals surface area contributed by atoms with Crippen molar-refractivity contribution in [2.45, 2.75) is 220 Å². The molecule has 0 amide bonds. The number of hydrogen-bond donors (Lipinski definition) is 3. The molecule has 0 unspecified atom stereocenters. The van der Waals surface area contributed by atoms with Gasteiger partial charge in [0.15, 0.2) is 11.5 Å². The minimum atomic E-state index is -3.67. The molecule has 0 saturated carbocycles. The zero-order chi connectivity index (χ0) is 42.1. The van der Waals surface area contributed by atoms with E-state index in [1.807, 2.05) is 6.07 Å². The predicted octanol–water partition coefficient (Wildman–Crippen LogP) is 13.5. The number of hydrogen-bond acceptors (Lipinski definition) is 6. The maximum atomic E-state index is 13.3. The van der Waals surface area contributed by atoms with E-state index in [1.54, 1.807) is 22.7 Å². The van der Waals surface area contributed by atoms with Gasteiger partial charge in [-0.1, -0.05) is 202 Å². The van der Waals surface area contributed by atoms with Crippen LogP contribution in [0.4, 0.5) is 11.4 Å². The lowest BCUT2D eigenvalue weighted by atomic mass is 9.93. The van der Waals surface area contributed by atoms with Crippen LogP contribution < -0.4 is 9.44 Å². The predicted molar refractivity (Wildman–Crippen MR) is 247 cm³/mol. The number of nitrogens with zero attached hydrogens (tertiary/aromatic N) is 3. The molecule has 10 nitrogen and oxygen atoms in total. The second-order valence-electron chi connectivity index (χ2n) is 18.0. The Hall–Kier alpha value is -2.60. The molecule has 12 heteroatoms. The van der Waals surface area contributed by atoms with E-state index >= 15 is 0 Å². The Labute approximate surface area is 354 Å². The molecule has 0 atom stereocenters. The summed E-state index contributed by atoms with van der Waals surface area (Å²) in [5.41, 5.74) is 2.56. The van der Waals surface area contributed by atoms with Gasteiger partial charge >= 0.3 is 0 Å². The van der Waals surface area contributed by atoms with E-state index in [0.29, 0.717) is 29.9 Å². The average molecular weight is 847 g/mol. The van der Waals surface area contributed by atoms with Crippen molar-refractivity contribution in [3.63, 3.8) is 0 Å². The third-order valence-electron chi connectivity index (χ3n) is 11.3. The second kappa shape index (κ2) is 27.3. The Bertz CT molecular complexity index is 1680. The maximum Gasteiger partial charge on any atom is 0.232 e. The second-order valence-corrected chi connectivity index (χ2v) is 21.7. The standard InChI is InChI=1S/C46H82N6O4S2/c1-6-8-10-12-14-16-18-20-22-24-26-28-30-32-34-57(53,54)50-41-36-40(45-48-47-44-39-43(46(3,4)5)49-52(44)45)37-42(38-41)51-58(55,56)35-33-31-29-27-25-23-21-19-17-15-13-11-9-7-2/h36-39,49-51H,6-35H2,1-5H3. The molecule has 58 heavy (non-hydrogen) atoms. The molecule has 3 N–H and O–H groups in total. The molecule has 0 aliphatic carbocycles. The van der Waals surface area contributed by atoms with Crippen LogP contribution >= 0.6 is 0 Å². The Morgan fingerprint density at radius 1 is 0.500 bits per heavy atom. The first-order chi connectivity index (χ1) is 27.8. The Kier molecular flexibility index (Phi) is 23.4. The van der Waals surface area contributed by atoms with E-state index in [9.17, 15) is 16.8 Å². The first kappa shape index (κ1) is 49.8. The molecular formula is C46H82N6O4S2. The molecule has 3 aromatic rings. The van der Waals surface area contributed by atoms with E-state index in [-0.39, 0.29) is 28.3 Å². The van der Waals surface area contributed by atoms with Gasteiger partial charge in [0.25, 0.3) is 0 Å². The van der Waals surface area contributed by atoms with Crippen molar-refractivity contribution in [3.05, 3.63) is 30.0 Å². The van der Waals surface area contributed by atoms with Gasteiger partial charge in [0.05, 0.1) is 22.9 Å². The number of unbranched alkanes of at least 4 members (excludes halogenated alkanes) is 26. The van der Waals surface area contributed by atoms with E-state index in [4.69, 9.17) is 0 Å². The summed E-state index contributed by atoms with van der Waals surface area (Å²) in [6.07, 6.45) is 33.6. The number of nitrogens with one attached hydrogen (secondary N) is 3. The summed E-state index contributed by atoms with van der Waals surface area (Å²) in [5, 5.41) is 12.1. The van der Waals surface area contributed by atoms with Crippen LogP contribution in [0.25, 0.3) is 17.0 Å². The van der Waals surface area contributed by atoms with Crippen LogP contribution in [0.15, 0.2) is 24.3 Å². The van der Waals surface area contributed by atoms with Crippen LogP contribution in [-0.4, -0.2) is 48.2 Å². The third-order valence-corrected chi connectivity index (χ3v) is 14.0. The van der Waals surface area contributed by atoms with E-state index in [2.05, 4.69) is 59.4 Å². The first-order valence-electron chi connectivity index (χ1n) is 23.4. The molecule has 3 rings (SSSR count). The lowest BCUT2D eigenvalue weighted by Gasteiger charge is -2.15. The molecule has 2 aromatic heterocycles. The van der Waals surface area contributed by atoms with Gasteiger partial charge in [0.1, 0.15) is 0 Å². The maximum absolute atomic E-state index is 13.3. The van der Waals surface area contributed by atoms with Crippen molar-refractivity contribution in [1.29, 1.82) is 0 Å². The largest absolute Gasteiger partial charge is 0.294 e. The minimum Gasteiger partial charge on any atom is -0.294 e. The Morgan fingerprint density at radius 3 is 1.19 bits per heavy atom. The molecule has 332 valence electrons. The minimum absolute atomic E-state index is 0.0101. The Morgan fingerprint density at radius 2 is 0.845 bits per heavy atom. The smallest absolute Gasteiger partial charge is 0.232 e. The van der Waals surface area contributed by atoms with Gasteiger partial charge in [-0.25, -0.2) is 21.4 Å². The highest BCUT2D eigenvalue weighted by atomic mass is 32.2. The number of anilines is 2. The molecule has 0 aliphatic rings. The van der Waals surface area contributed by atoms with Gasteiger partial charge in [-0.05, 0) is 31.0 Å². The van der Waals surface area contributed by atoms with Crippen molar-refractivity contribution in [2.24, 2.45) is 0 Å². The highest BCUT2D eigenvalue weighted by Gasteiger charge is 2.21. The number of sulfonamides is 2. The molecule has 0 radical (unpaired) electrons. The van der Waals surface area contributed by atoms with Crippen LogP contribution in [0.3, 0.4) is 0 Å². The van der Waals surface area contributed by atoms with Crippen LogP contribution in [0.2, 0.25) is 0 Å². The number of H-pyrrole nitrogens is 1. The summed E-state index contributed by atoms with van der Waals surface area (Å²) in [6.45, 7) is 10.8. The van der Waals surface area contributed by atoms with Crippen molar-refractivity contribution in [2.75, 3.05) is 20.9 Å². The fraction of sp³-hybridized carbons (Fsp3) is 0.783. The quantitative estimate of drug-likeness (QED) is 0.0504. The fourth-order valence-corrected chi connectivity index (χ4v) is 9.99. The van der Waals surface area contributed by atoms with Crippen molar-refractivity contribution >= 4 is 37.1 Å².